The molecule has 1 aromatic heterocycles. The average molecular weight is 462 g/mol. The average Bonchev–Trinajstić information content (AvgIpc) is 3.32. The summed E-state index contributed by atoms with van der Waals surface area (Å²) in [4.78, 5) is 19.2. The first-order valence-electron chi connectivity index (χ1n) is 10.7. The lowest BCUT2D eigenvalue weighted by Crippen LogP contribution is -2.35. The molecule has 0 spiro atoms. The lowest BCUT2D eigenvalue weighted by molar-refractivity contribution is -0.137. The fourth-order valence-corrected chi connectivity index (χ4v) is 3.45. The minimum Gasteiger partial charge on any atom is -0.367 e. The van der Waals surface area contributed by atoms with Gasteiger partial charge in [-0.3, -0.25) is 4.79 Å². The molecule has 0 saturated carbocycles. The van der Waals surface area contributed by atoms with E-state index in [0.717, 1.165) is 16.7 Å². The van der Waals surface area contributed by atoms with Crippen LogP contribution in [0.1, 0.15) is 17.0 Å². The highest BCUT2D eigenvalue weighted by atomic mass is 35.5. The molecule has 4 aromatic rings. The Morgan fingerprint density at radius 1 is 0.909 bits per heavy atom. The van der Waals surface area contributed by atoms with Gasteiger partial charge in [-0.1, -0.05) is 77.4 Å². The Hall–Kier alpha value is -3.48. The minimum absolute atomic E-state index is 0.00157. The molecule has 0 aliphatic rings. The summed E-state index contributed by atoms with van der Waals surface area (Å²) < 4.78 is 11.1. The number of hydrogen-bond donors (Lipinski definition) is 0. The van der Waals surface area contributed by atoms with Crippen LogP contribution in [-0.2, 0) is 29.1 Å². The number of ether oxygens (including phenoxy) is 1. The van der Waals surface area contributed by atoms with Gasteiger partial charge < -0.3 is 14.2 Å². The number of carbonyl (C=O) groups is 1. The van der Waals surface area contributed by atoms with Crippen molar-refractivity contribution in [1.29, 1.82) is 0 Å². The summed E-state index contributed by atoms with van der Waals surface area (Å²) in [6.45, 7) is 1.30. The zero-order valence-electron chi connectivity index (χ0n) is 18.1. The van der Waals surface area contributed by atoms with Crippen molar-refractivity contribution < 1.29 is 14.1 Å². The Balaban J connectivity index is 1.38. The molecule has 3 aromatic carbocycles. The molecule has 0 aliphatic heterocycles. The van der Waals surface area contributed by atoms with E-state index in [1.165, 1.54) is 0 Å². The van der Waals surface area contributed by atoms with Crippen molar-refractivity contribution in [2.45, 2.75) is 19.6 Å². The van der Waals surface area contributed by atoms with Crippen LogP contribution in [0.4, 0.5) is 0 Å². The third-order valence-corrected chi connectivity index (χ3v) is 5.32. The van der Waals surface area contributed by atoms with E-state index in [-0.39, 0.29) is 12.5 Å². The molecule has 7 heteroatoms. The van der Waals surface area contributed by atoms with Crippen molar-refractivity contribution in [1.82, 2.24) is 15.0 Å². The first-order valence-corrected chi connectivity index (χ1v) is 11.1. The summed E-state index contributed by atoms with van der Waals surface area (Å²) in [5.74, 6) is 0.872. The Morgan fingerprint density at radius 3 is 2.27 bits per heavy atom. The number of aromatic nitrogens is 2. The quantitative estimate of drug-likeness (QED) is 0.325. The van der Waals surface area contributed by atoms with Gasteiger partial charge in [0.1, 0.15) is 6.61 Å². The fourth-order valence-electron chi connectivity index (χ4n) is 3.32. The summed E-state index contributed by atoms with van der Waals surface area (Å²) >= 11 is 5.94. The maximum atomic E-state index is 12.9. The second-order valence-electron chi connectivity index (χ2n) is 7.55. The normalized spacial score (nSPS) is 10.8. The van der Waals surface area contributed by atoms with Gasteiger partial charge in [-0.25, -0.2) is 0 Å². The molecule has 1 heterocycles. The molecule has 168 valence electrons. The molecule has 0 unspecified atom stereocenters. The van der Waals surface area contributed by atoms with Crippen LogP contribution in [0.25, 0.3) is 11.4 Å². The summed E-state index contributed by atoms with van der Waals surface area (Å²) in [6.07, 6.45) is 0.442. The molecule has 1 amide bonds. The number of carbonyl (C=O) groups excluding carboxylic acids is 1. The highest BCUT2D eigenvalue weighted by Crippen LogP contribution is 2.19. The number of benzene rings is 3. The zero-order chi connectivity index (χ0) is 22.9. The lowest BCUT2D eigenvalue weighted by Gasteiger charge is -2.22. The van der Waals surface area contributed by atoms with Gasteiger partial charge in [0, 0.05) is 30.1 Å². The number of amides is 1. The van der Waals surface area contributed by atoms with Crippen LogP contribution in [0, 0.1) is 0 Å². The monoisotopic (exact) mass is 461 g/mol. The first-order chi connectivity index (χ1) is 16.2. The van der Waals surface area contributed by atoms with Gasteiger partial charge in [-0.05, 0) is 35.4 Å². The van der Waals surface area contributed by atoms with Crippen molar-refractivity contribution in [3.63, 3.8) is 0 Å². The van der Waals surface area contributed by atoms with Crippen LogP contribution in [0.2, 0.25) is 5.02 Å². The fraction of sp³-hybridized carbons (Fsp3) is 0.192. The second kappa shape index (κ2) is 11.4. The zero-order valence-corrected chi connectivity index (χ0v) is 18.8. The van der Waals surface area contributed by atoms with Crippen molar-refractivity contribution >= 4 is 17.5 Å². The summed E-state index contributed by atoms with van der Waals surface area (Å²) in [5.41, 5.74) is 2.89. The van der Waals surface area contributed by atoms with E-state index in [2.05, 4.69) is 10.1 Å². The van der Waals surface area contributed by atoms with Gasteiger partial charge in [0.2, 0.25) is 17.6 Å². The second-order valence-corrected chi connectivity index (χ2v) is 7.98. The molecule has 0 saturated heterocycles. The maximum absolute atomic E-state index is 12.9. The van der Waals surface area contributed by atoms with Gasteiger partial charge in [0.05, 0.1) is 6.61 Å². The van der Waals surface area contributed by atoms with E-state index >= 15 is 0 Å². The number of hydrogen-bond acceptors (Lipinski definition) is 5. The van der Waals surface area contributed by atoms with Gasteiger partial charge in [0.25, 0.3) is 0 Å². The highest BCUT2D eigenvalue weighted by molar-refractivity contribution is 6.30. The van der Waals surface area contributed by atoms with E-state index in [9.17, 15) is 4.79 Å². The van der Waals surface area contributed by atoms with Crippen molar-refractivity contribution in [2.24, 2.45) is 0 Å². The number of halogens is 1. The van der Waals surface area contributed by atoms with E-state index in [1.807, 2.05) is 72.8 Å². The molecule has 0 aliphatic carbocycles. The Kier molecular flexibility index (Phi) is 7.85. The maximum Gasteiger partial charge on any atom is 0.248 e. The molecule has 33 heavy (non-hydrogen) atoms. The van der Waals surface area contributed by atoms with Crippen molar-refractivity contribution in [3.8, 4) is 11.4 Å². The smallest absolute Gasteiger partial charge is 0.248 e. The third kappa shape index (κ3) is 6.75. The van der Waals surface area contributed by atoms with E-state index in [1.54, 1.807) is 17.0 Å². The van der Waals surface area contributed by atoms with Crippen LogP contribution < -0.4 is 0 Å². The van der Waals surface area contributed by atoms with Gasteiger partial charge in [0.15, 0.2) is 0 Å². The van der Waals surface area contributed by atoms with Gasteiger partial charge in [-0.15, -0.1) is 0 Å². The Bertz CT molecular complexity index is 1150. The summed E-state index contributed by atoms with van der Waals surface area (Å²) in [6, 6.07) is 26.9. The standard InChI is InChI=1S/C26H24ClN3O3/c27-23-13-11-22(12-14-23)26-28-24(33-29-26)15-16-30(17-20-7-3-1-4-8-20)25(31)19-32-18-21-9-5-2-6-10-21/h1-14H,15-19H2. The Labute approximate surface area is 197 Å². The van der Waals surface area contributed by atoms with E-state index < -0.39 is 0 Å². The SMILES string of the molecule is O=C(COCc1ccccc1)N(CCc1nc(-c2ccc(Cl)cc2)no1)Cc1ccccc1. The third-order valence-electron chi connectivity index (χ3n) is 5.07. The lowest BCUT2D eigenvalue weighted by atomic mass is 10.2. The van der Waals surface area contributed by atoms with Gasteiger partial charge in [-0.2, -0.15) is 4.98 Å². The number of rotatable bonds is 10. The van der Waals surface area contributed by atoms with E-state index in [4.69, 9.17) is 20.9 Å². The molecule has 0 atom stereocenters. The predicted octanol–water partition coefficient (Wildman–Crippen LogP) is 5.18. The van der Waals surface area contributed by atoms with Crippen LogP contribution in [0.3, 0.4) is 0 Å². The van der Waals surface area contributed by atoms with Crippen LogP contribution >= 0.6 is 11.6 Å². The van der Waals surface area contributed by atoms with Crippen molar-refractivity contribution in [3.05, 3.63) is 107 Å². The molecule has 4 rings (SSSR count). The molecular formula is C26H24ClN3O3. The summed E-state index contributed by atoms with van der Waals surface area (Å²) in [7, 11) is 0. The van der Waals surface area contributed by atoms with E-state index in [0.29, 0.717) is 42.9 Å². The van der Waals surface area contributed by atoms with Crippen molar-refractivity contribution in [2.75, 3.05) is 13.2 Å². The molecular weight excluding hydrogens is 438 g/mol. The topological polar surface area (TPSA) is 68.5 Å². The Morgan fingerprint density at radius 2 is 1.58 bits per heavy atom. The van der Waals surface area contributed by atoms with Crippen LogP contribution in [-0.4, -0.2) is 34.1 Å². The number of nitrogens with zero attached hydrogens (tertiary/aromatic N) is 3. The predicted molar refractivity (Wildman–Crippen MR) is 126 cm³/mol. The summed E-state index contributed by atoms with van der Waals surface area (Å²) in [5, 5.41) is 4.69. The van der Waals surface area contributed by atoms with Gasteiger partial charge >= 0.3 is 0 Å². The highest BCUT2D eigenvalue weighted by Gasteiger charge is 2.17. The largest absolute Gasteiger partial charge is 0.367 e. The molecule has 0 bridgehead atoms. The molecule has 0 fully saturated rings. The first kappa shape index (κ1) is 22.7. The van der Waals surface area contributed by atoms with Crippen LogP contribution in [0.5, 0.6) is 0 Å². The van der Waals surface area contributed by atoms with Crippen LogP contribution in [0.15, 0.2) is 89.5 Å². The molecule has 0 radical (unpaired) electrons. The minimum atomic E-state index is -0.0905. The molecule has 0 N–H and O–H groups in total. The molecule has 6 nitrogen and oxygen atoms in total.